The van der Waals surface area contributed by atoms with Crippen LogP contribution in [-0.2, 0) is 6.42 Å². The first kappa shape index (κ1) is 24.6. The molecule has 1 aliphatic heterocycles. The number of aryl methyl sites for hydroxylation is 1. The summed E-state index contributed by atoms with van der Waals surface area (Å²) in [7, 11) is 0. The van der Waals surface area contributed by atoms with E-state index in [-0.39, 0.29) is 22.7 Å². The molecule has 2 N–H and O–H groups in total. The van der Waals surface area contributed by atoms with E-state index in [0.29, 0.717) is 50.0 Å². The zero-order valence-electron chi connectivity index (χ0n) is 20.4. The highest BCUT2D eigenvalue weighted by Crippen LogP contribution is 2.31. The summed E-state index contributed by atoms with van der Waals surface area (Å²) in [5.74, 6) is -0.295. The molecule has 2 amide bonds. The van der Waals surface area contributed by atoms with Crippen LogP contribution < -0.4 is 5.32 Å². The maximum absolute atomic E-state index is 13.1. The molecule has 3 aromatic heterocycles. The summed E-state index contributed by atoms with van der Waals surface area (Å²) >= 11 is 0.957. The Labute approximate surface area is 217 Å². The Balaban J connectivity index is 1.22. The molecule has 0 unspecified atom stereocenters. The maximum atomic E-state index is 13.1. The summed E-state index contributed by atoms with van der Waals surface area (Å²) < 4.78 is 0. The van der Waals surface area contributed by atoms with Gasteiger partial charge in [0, 0.05) is 59.8 Å². The van der Waals surface area contributed by atoms with Crippen LogP contribution >= 0.6 is 11.3 Å². The van der Waals surface area contributed by atoms with E-state index in [1.54, 1.807) is 4.90 Å². The molecule has 0 radical (unpaired) electrons. The number of benzene rings is 1. The molecule has 0 bridgehead atoms. The van der Waals surface area contributed by atoms with Gasteiger partial charge in [0.15, 0.2) is 0 Å². The number of amides is 2. The van der Waals surface area contributed by atoms with Crippen LogP contribution in [0.3, 0.4) is 0 Å². The molecule has 1 aliphatic rings. The number of H-pyrrole nitrogens is 1. The second kappa shape index (κ2) is 10.5. The highest BCUT2D eigenvalue weighted by atomic mass is 32.1. The van der Waals surface area contributed by atoms with Gasteiger partial charge in [0.25, 0.3) is 11.8 Å². The number of pyridine rings is 1. The van der Waals surface area contributed by atoms with Gasteiger partial charge in [0.05, 0.1) is 21.7 Å². The van der Waals surface area contributed by atoms with Crippen molar-refractivity contribution in [3.05, 3.63) is 92.2 Å². The van der Waals surface area contributed by atoms with Gasteiger partial charge in [-0.3, -0.25) is 24.7 Å². The van der Waals surface area contributed by atoms with E-state index in [9.17, 15) is 19.7 Å². The number of rotatable bonds is 7. The van der Waals surface area contributed by atoms with E-state index >= 15 is 0 Å². The highest BCUT2D eigenvalue weighted by Gasteiger charge is 2.29. The van der Waals surface area contributed by atoms with Gasteiger partial charge >= 0.3 is 5.00 Å². The predicted octanol–water partition coefficient (Wildman–Crippen LogP) is 4.83. The lowest BCUT2D eigenvalue weighted by Crippen LogP contribution is -2.38. The number of fused-ring (bicyclic) bond motifs is 1. The van der Waals surface area contributed by atoms with Crippen LogP contribution in [0.25, 0.3) is 10.9 Å². The van der Waals surface area contributed by atoms with E-state index in [1.165, 1.54) is 11.4 Å². The predicted molar refractivity (Wildman–Crippen MR) is 142 cm³/mol. The Morgan fingerprint density at radius 3 is 2.76 bits per heavy atom. The van der Waals surface area contributed by atoms with Crippen LogP contribution in [0.1, 0.15) is 56.4 Å². The Morgan fingerprint density at radius 2 is 2.00 bits per heavy atom. The fraction of sp³-hybridized carbons (Fsp3) is 0.296. The summed E-state index contributed by atoms with van der Waals surface area (Å²) in [6.07, 6.45) is 4.04. The molecule has 0 saturated carbocycles. The molecule has 1 aromatic carbocycles. The van der Waals surface area contributed by atoms with E-state index < -0.39 is 4.92 Å². The van der Waals surface area contributed by atoms with Crippen molar-refractivity contribution in [2.45, 2.75) is 32.1 Å². The van der Waals surface area contributed by atoms with Gasteiger partial charge in [-0.15, -0.1) is 0 Å². The first-order valence-electron chi connectivity index (χ1n) is 12.2. The minimum atomic E-state index is -0.482. The monoisotopic (exact) mass is 517 g/mol. The zero-order valence-corrected chi connectivity index (χ0v) is 21.2. The van der Waals surface area contributed by atoms with Crippen LogP contribution in [-0.4, -0.2) is 51.2 Å². The van der Waals surface area contributed by atoms with Crippen molar-refractivity contribution in [2.75, 3.05) is 19.6 Å². The second-order valence-electron chi connectivity index (χ2n) is 9.25. The maximum Gasteiger partial charge on any atom is 0.324 e. The number of carbonyl (C=O) groups excluding carboxylic acids is 2. The minimum Gasteiger partial charge on any atom is -0.361 e. The van der Waals surface area contributed by atoms with Crippen molar-refractivity contribution in [2.24, 2.45) is 0 Å². The third kappa shape index (κ3) is 5.24. The smallest absolute Gasteiger partial charge is 0.324 e. The number of thiophene rings is 1. The average Bonchev–Trinajstić information content (AvgIpc) is 3.56. The quantitative estimate of drug-likeness (QED) is 0.269. The third-order valence-corrected chi connectivity index (χ3v) is 7.72. The Hall–Kier alpha value is -4.05. The Bertz CT molecular complexity index is 1470. The number of nitrogens with one attached hydrogen (secondary N) is 2. The van der Waals surface area contributed by atoms with Gasteiger partial charge in [0.1, 0.15) is 0 Å². The Morgan fingerprint density at radius 1 is 1.22 bits per heavy atom. The van der Waals surface area contributed by atoms with Crippen molar-refractivity contribution >= 4 is 39.1 Å². The van der Waals surface area contributed by atoms with Crippen LogP contribution in [0.4, 0.5) is 5.00 Å². The molecule has 4 heterocycles. The van der Waals surface area contributed by atoms with Gasteiger partial charge < -0.3 is 15.2 Å². The average molecular weight is 518 g/mol. The van der Waals surface area contributed by atoms with Crippen molar-refractivity contribution < 1.29 is 14.5 Å². The summed E-state index contributed by atoms with van der Waals surface area (Å²) in [5, 5.41) is 16.7. The lowest BCUT2D eigenvalue weighted by atomic mass is 9.89. The number of aromatic nitrogens is 2. The molecule has 1 saturated heterocycles. The van der Waals surface area contributed by atoms with E-state index in [0.717, 1.165) is 39.2 Å². The molecule has 5 rings (SSSR count). The van der Waals surface area contributed by atoms with Gasteiger partial charge in [-0.2, -0.15) is 0 Å². The normalized spacial score (nSPS) is 14.1. The lowest BCUT2D eigenvalue weighted by Gasteiger charge is -2.32. The van der Waals surface area contributed by atoms with Gasteiger partial charge in [-0.05, 0) is 49.9 Å². The highest BCUT2D eigenvalue weighted by molar-refractivity contribution is 7.13. The molecule has 9 nitrogen and oxygen atoms in total. The topological polar surface area (TPSA) is 121 Å². The molecule has 10 heteroatoms. The summed E-state index contributed by atoms with van der Waals surface area (Å²) in [6, 6.07) is 13.1. The number of hydrogen-bond donors (Lipinski definition) is 2. The molecule has 0 aliphatic carbocycles. The largest absolute Gasteiger partial charge is 0.361 e. The number of nitro groups is 1. The fourth-order valence-electron chi connectivity index (χ4n) is 4.90. The number of likely N-dealkylation sites (tertiary alicyclic amines) is 1. The number of aromatic amines is 1. The first-order valence-corrected chi connectivity index (χ1v) is 13.1. The van der Waals surface area contributed by atoms with Gasteiger partial charge in [-0.1, -0.05) is 29.5 Å². The van der Waals surface area contributed by atoms with Gasteiger partial charge in [0.2, 0.25) is 0 Å². The molecule has 190 valence electrons. The van der Waals surface area contributed by atoms with Crippen molar-refractivity contribution in [3.8, 4) is 0 Å². The summed E-state index contributed by atoms with van der Waals surface area (Å²) in [6.45, 7) is 3.42. The van der Waals surface area contributed by atoms with Crippen LogP contribution in [0.5, 0.6) is 0 Å². The van der Waals surface area contributed by atoms with E-state index in [2.05, 4.69) is 16.4 Å². The third-order valence-electron chi connectivity index (χ3n) is 6.84. The van der Waals surface area contributed by atoms with Gasteiger partial charge in [-0.25, -0.2) is 0 Å². The van der Waals surface area contributed by atoms with Crippen LogP contribution in [0.15, 0.2) is 54.0 Å². The number of nitrogens with zero attached hydrogens (tertiary/aromatic N) is 3. The molecular formula is C27H27N5O4S. The summed E-state index contributed by atoms with van der Waals surface area (Å²) in [4.78, 5) is 46.2. The van der Waals surface area contributed by atoms with E-state index in [1.807, 2.05) is 43.5 Å². The van der Waals surface area contributed by atoms with Crippen LogP contribution in [0.2, 0.25) is 0 Å². The SMILES string of the molecule is Cc1ccc(C(=O)NCCc2c[nH]c3ccccc23)c(C2CCN(C(=O)c3csc([N+](=O)[O-])c3)CC2)n1. The molecule has 1 fully saturated rings. The van der Waals surface area contributed by atoms with Crippen molar-refractivity contribution in [1.82, 2.24) is 20.2 Å². The van der Waals surface area contributed by atoms with Crippen molar-refractivity contribution in [3.63, 3.8) is 0 Å². The lowest BCUT2D eigenvalue weighted by molar-refractivity contribution is -0.380. The Kier molecular flexibility index (Phi) is 7.00. The summed E-state index contributed by atoms with van der Waals surface area (Å²) in [5.41, 5.74) is 4.76. The number of piperidine rings is 1. The zero-order chi connectivity index (χ0) is 25.9. The molecular weight excluding hydrogens is 490 g/mol. The van der Waals surface area contributed by atoms with Crippen LogP contribution in [0, 0.1) is 17.0 Å². The second-order valence-corrected chi connectivity index (χ2v) is 10.1. The fourth-order valence-corrected chi connectivity index (χ4v) is 5.59. The molecule has 37 heavy (non-hydrogen) atoms. The number of para-hydroxylation sites is 1. The number of hydrogen-bond acceptors (Lipinski definition) is 6. The molecule has 4 aromatic rings. The van der Waals surface area contributed by atoms with E-state index in [4.69, 9.17) is 4.98 Å². The number of carbonyl (C=O) groups is 2. The minimum absolute atomic E-state index is 0.0393. The van der Waals surface area contributed by atoms with Crippen molar-refractivity contribution in [1.29, 1.82) is 0 Å². The molecule has 0 spiro atoms. The first-order chi connectivity index (χ1) is 17.9. The standard InChI is InChI=1S/C27H27N5O4S/c1-17-6-7-22(26(33)28-11-8-19-15-29-23-5-3-2-4-21(19)23)25(30-17)18-9-12-31(13-10-18)27(34)20-14-24(32(35)36)37-16-20/h2-7,14-16,18,29H,8-13H2,1H3,(H,28,33). The molecule has 0 atom stereocenters.